The van der Waals surface area contributed by atoms with Crippen molar-refractivity contribution in [2.24, 2.45) is 0 Å². The van der Waals surface area contributed by atoms with Gasteiger partial charge in [0, 0.05) is 11.8 Å². The molecule has 0 saturated carbocycles. The van der Waals surface area contributed by atoms with Crippen LogP contribution in [0.25, 0.3) is 0 Å². The summed E-state index contributed by atoms with van der Waals surface area (Å²) in [6.45, 7) is 0. The van der Waals surface area contributed by atoms with Crippen molar-refractivity contribution in [2.45, 2.75) is 5.03 Å². The Morgan fingerprint density at radius 3 is 2.34 bits per heavy atom. The molecular weight excluding hydrogens is 403 g/mol. The molecule has 2 aromatic carbocycles. The molecule has 11 heteroatoms. The Morgan fingerprint density at radius 2 is 1.72 bits per heavy atom. The fourth-order valence-corrected chi connectivity index (χ4v) is 3.58. The fourth-order valence-electron chi connectivity index (χ4n) is 2.42. The molecule has 0 fully saturated rings. The van der Waals surface area contributed by atoms with Crippen molar-refractivity contribution >= 4 is 27.3 Å². The Kier molecular flexibility index (Phi) is 5.69. The van der Waals surface area contributed by atoms with Crippen molar-refractivity contribution < 1.29 is 27.1 Å². The smallest absolute Gasteiger partial charge is 0.279 e. The number of aromatic nitrogens is 2. The Balaban J connectivity index is 1.82. The number of nitrogens with one attached hydrogen (secondary N) is 3. The molecule has 0 unspecified atom stereocenters. The molecule has 3 aromatic rings. The van der Waals surface area contributed by atoms with E-state index in [-0.39, 0.29) is 22.7 Å². The molecule has 1 amide bonds. The van der Waals surface area contributed by atoms with E-state index in [1.165, 1.54) is 38.5 Å². The SMILES string of the molecule is COc1ccc(NS(=O)(=O)c2[nH]ncc2C(=O)Nc2ccc(OC)cc2F)cc1. The van der Waals surface area contributed by atoms with Gasteiger partial charge >= 0.3 is 0 Å². The molecule has 152 valence electrons. The summed E-state index contributed by atoms with van der Waals surface area (Å²) in [5.41, 5.74) is -0.155. The Labute approximate surface area is 165 Å². The molecule has 0 spiro atoms. The summed E-state index contributed by atoms with van der Waals surface area (Å²) in [6, 6.07) is 10.00. The Morgan fingerprint density at radius 1 is 1.07 bits per heavy atom. The van der Waals surface area contributed by atoms with Gasteiger partial charge in [-0.1, -0.05) is 0 Å². The van der Waals surface area contributed by atoms with Gasteiger partial charge in [-0.15, -0.1) is 0 Å². The maximum atomic E-state index is 14.1. The van der Waals surface area contributed by atoms with Crippen molar-refractivity contribution in [3.05, 3.63) is 60.0 Å². The lowest BCUT2D eigenvalue weighted by atomic mass is 10.2. The molecule has 1 heterocycles. The van der Waals surface area contributed by atoms with E-state index >= 15 is 0 Å². The van der Waals surface area contributed by atoms with Crippen LogP contribution in [-0.4, -0.2) is 38.7 Å². The van der Waals surface area contributed by atoms with Crippen molar-refractivity contribution in [3.8, 4) is 11.5 Å². The lowest BCUT2D eigenvalue weighted by molar-refractivity contribution is 0.102. The van der Waals surface area contributed by atoms with Crippen LogP contribution in [0, 0.1) is 5.82 Å². The number of rotatable bonds is 7. The number of hydrogen-bond donors (Lipinski definition) is 3. The molecular formula is C18H17FN4O5S. The third-order valence-electron chi connectivity index (χ3n) is 3.88. The van der Waals surface area contributed by atoms with Gasteiger partial charge in [0.2, 0.25) is 0 Å². The quantitative estimate of drug-likeness (QED) is 0.540. The highest BCUT2D eigenvalue weighted by Gasteiger charge is 2.26. The van der Waals surface area contributed by atoms with Crippen molar-refractivity contribution in [1.82, 2.24) is 10.2 Å². The first-order valence-corrected chi connectivity index (χ1v) is 9.67. The standard InChI is InChI=1S/C18H17FN4O5S/c1-27-12-5-3-11(4-6-12)23-29(25,26)18-14(10-20-22-18)17(24)21-16-8-7-13(28-2)9-15(16)19/h3-10,23H,1-2H3,(H,20,22)(H,21,24). The molecule has 0 aliphatic rings. The van der Waals surface area contributed by atoms with E-state index in [2.05, 4.69) is 20.2 Å². The Bertz CT molecular complexity index is 1130. The molecule has 0 saturated heterocycles. The summed E-state index contributed by atoms with van der Waals surface area (Å²) >= 11 is 0. The number of hydrogen-bond acceptors (Lipinski definition) is 6. The number of carbonyl (C=O) groups excluding carboxylic acids is 1. The van der Waals surface area contributed by atoms with Gasteiger partial charge in [-0.2, -0.15) is 13.5 Å². The molecule has 29 heavy (non-hydrogen) atoms. The molecule has 0 aliphatic heterocycles. The van der Waals surface area contributed by atoms with Crippen molar-refractivity contribution in [2.75, 3.05) is 24.3 Å². The molecule has 3 rings (SSSR count). The highest BCUT2D eigenvalue weighted by atomic mass is 32.2. The van der Waals surface area contributed by atoms with Crippen LogP contribution in [0.1, 0.15) is 10.4 Å². The number of H-pyrrole nitrogens is 1. The lowest BCUT2D eigenvalue weighted by Gasteiger charge is -2.10. The number of sulfonamides is 1. The van der Waals surface area contributed by atoms with Crippen LogP contribution in [0.15, 0.2) is 53.7 Å². The van der Waals surface area contributed by atoms with Gasteiger partial charge in [-0.3, -0.25) is 14.6 Å². The Hall–Kier alpha value is -3.60. The van der Waals surface area contributed by atoms with Crippen LogP contribution in [0.2, 0.25) is 0 Å². The molecule has 0 radical (unpaired) electrons. The summed E-state index contributed by atoms with van der Waals surface area (Å²) in [5, 5.41) is 7.78. The number of ether oxygens (including phenoxy) is 2. The average Bonchev–Trinajstić information content (AvgIpc) is 3.21. The van der Waals surface area contributed by atoms with E-state index in [9.17, 15) is 17.6 Å². The lowest BCUT2D eigenvalue weighted by Crippen LogP contribution is -2.20. The van der Waals surface area contributed by atoms with Crippen molar-refractivity contribution in [3.63, 3.8) is 0 Å². The zero-order chi connectivity index (χ0) is 21.0. The molecule has 0 bridgehead atoms. The molecule has 0 atom stereocenters. The minimum atomic E-state index is -4.16. The van der Waals surface area contributed by atoms with E-state index < -0.39 is 26.8 Å². The zero-order valence-electron chi connectivity index (χ0n) is 15.4. The van der Waals surface area contributed by atoms with Gasteiger partial charge in [0.1, 0.15) is 17.3 Å². The minimum Gasteiger partial charge on any atom is -0.497 e. The topological polar surface area (TPSA) is 122 Å². The number of anilines is 2. The van der Waals surface area contributed by atoms with Crippen LogP contribution in [-0.2, 0) is 10.0 Å². The van der Waals surface area contributed by atoms with Crippen LogP contribution >= 0.6 is 0 Å². The van der Waals surface area contributed by atoms with E-state index in [4.69, 9.17) is 9.47 Å². The molecule has 0 aliphatic carbocycles. The number of amides is 1. The molecule has 3 N–H and O–H groups in total. The van der Waals surface area contributed by atoms with Crippen LogP contribution in [0.3, 0.4) is 0 Å². The fraction of sp³-hybridized carbons (Fsp3) is 0.111. The average molecular weight is 420 g/mol. The van der Waals surface area contributed by atoms with Gasteiger partial charge in [0.15, 0.2) is 5.03 Å². The van der Waals surface area contributed by atoms with E-state index in [1.807, 2.05) is 0 Å². The van der Waals surface area contributed by atoms with Crippen molar-refractivity contribution in [1.29, 1.82) is 0 Å². The van der Waals surface area contributed by atoms with Gasteiger partial charge in [-0.05, 0) is 36.4 Å². The minimum absolute atomic E-state index is 0.136. The second-order valence-corrected chi connectivity index (χ2v) is 7.37. The summed E-state index contributed by atoms with van der Waals surface area (Å²) in [4.78, 5) is 12.5. The summed E-state index contributed by atoms with van der Waals surface area (Å²) < 4.78 is 51.6. The zero-order valence-corrected chi connectivity index (χ0v) is 16.2. The number of aromatic amines is 1. The van der Waals surface area contributed by atoms with Crippen LogP contribution in [0.5, 0.6) is 11.5 Å². The summed E-state index contributed by atoms with van der Waals surface area (Å²) in [6.07, 6.45) is 1.04. The predicted octanol–water partition coefficient (Wildman–Crippen LogP) is 2.62. The summed E-state index contributed by atoms with van der Waals surface area (Å²) in [7, 11) is -1.29. The second kappa shape index (κ2) is 8.19. The molecule has 1 aromatic heterocycles. The van der Waals surface area contributed by atoms with Gasteiger partial charge in [0.05, 0.1) is 31.7 Å². The first-order valence-electron chi connectivity index (χ1n) is 8.19. The van der Waals surface area contributed by atoms with E-state index in [0.29, 0.717) is 5.75 Å². The number of carbonyl (C=O) groups is 1. The van der Waals surface area contributed by atoms with Gasteiger partial charge in [0.25, 0.3) is 15.9 Å². The number of methoxy groups -OCH3 is 2. The predicted molar refractivity (Wildman–Crippen MR) is 103 cm³/mol. The number of benzene rings is 2. The maximum Gasteiger partial charge on any atom is 0.279 e. The van der Waals surface area contributed by atoms with Gasteiger partial charge < -0.3 is 14.8 Å². The second-order valence-electron chi connectivity index (χ2n) is 5.75. The molecule has 9 nitrogen and oxygen atoms in total. The van der Waals surface area contributed by atoms with Crippen LogP contribution in [0.4, 0.5) is 15.8 Å². The van der Waals surface area contributed by atoms with Gasteiger partial charge in [-0.25, -0.2) is 4.39 Å². The number of nitrogens with zero attached hydrogens (tertiary/aromatic N) is 1. The third kappa shape index (κ3) is 4.46. The van der Waals surface area contributed by atoms with E-state index in [1.54, 1.807) is 12.1 Å². The van der Waals surface area contributed by atoms with Crippen LogP contribution < -0.4 is 19.5 Å². The van der Waals surface area contributed by atoms with E-state index in [0.717, 1.165) is 12.3 Å². The highest BCUT2D eigenvalue weighted by molar-refractivity contribution is 7.92. The largest absolute Gasteiger partial charge is 0.497 e. The normalized spacial score (nSPS) is 11.0. The highest BCUT2D eigenvalue weighted by Crippen LogP contribution is 2.23. The summed E-state index contributed by atoms with van der Waals surface area (Å²) in [5.74, 6) is -0.758. The maximum absolute atomic E-state index is 14.1. The monoisotopic (exact) mass is 420 g/mol. The first kappa shape index (κ1) is 20.1. The third-order valence-corrected chi connectivity index (χ3v) is 5.24. The first-order chi connectivity index (χ1) is 13.8. The number of halogens is 1.